The van der Waals surface area contributed by atoms with Crippen molar-refractivity contribution in [3.05, 3.63) is 66.7 Å². The number of ether oxygens (including phenoxy) is 1. The highest BCUT2D eigenvalue weighted by Crippen LogP contribution is 2.24. The Labute approximate surface area is 148 Å². The van der Waals surface area contributed by atoms with Gasteiger partial charge in [0.1, 0.15) is 11.3 Å². The smallest absolute Gasteiger partial charge is 0.255 e. The number of carbonyl (C=O) groups excluding carboxylic acids is 1. The van der Waals surface area contributed by atoms with Crippen LogP contribution in [0.3, 0.4) is 0 Å². The van der Waals surface area contributed by atoms with Crippen molar-refractivity contribution in [1.29, 1.82) is 0 Å². The first-order valence-corrected chi connectivity index (χ1v) is 7.84. The van der Waals surface area contributed by atoms with Gasteiger partial charge in [-0.05, 0) is 30.3 Å². The van der Waals surface area contributed by atoms with Crippen LogP contribution >= 0.6 is 0 Å². The molecule has 0 fully saturated rings. The molecule has 0 radical (unpaired) electrons. The van der Waals surface area contributed by atoms with Crippen molar-refractivity contribution in [3.8, 4) is 17.2 Å². The van der Waals surface area contributed by atoms with E-state index in [0.29, 0.717) is 34.0 Å². The molecule has 0 bridgehead atoms. The quantitative estimate of drug-likeness (QED) is 0.608. The van der Waals surface area contributed by atoms with Crippen molar-refractivity contribution >= 4 is 22.7 Å². The molecule has 0 spiro atoms. The van der Waals surface area contributed by atoms with Gasteiger partial charge in [0.15, 0.2) is 5.58 Å². The van der Waals surface area contributed by atoms with E-state index in [1.54, 1.807) is 56.2 Å². The number of carbonyl (C=O) groups is 1. The monoisotopic (exact) mass is 346 g/mol. The van der Waals surface area contributed by atoms with E-state index in [9.17, 15) is 4.79 Å². The van der Waals surface area contributed by atoms with Gasteiger partial charge >= 0.3 is 0 Å². The molecule has 0 unspecified atom stereocenters. The van der Waals surface area contributed by atoms with Gasteiger partial charge in [0.2, 0.25) is 5.89 Å². The summed E-state index contributed by atoms with van der Waals surface area (Å²) in [5, 5.41) is 2.79. The maximum Gasteiger partial charge on any atom is 0.255 e. The second-order valence-corrected chi connectivity index (χ2v) is 5.51. The molecule has 0 aliphatic heterocycles. The highest BCUT2D eigenvalue weighted by Gasteiger charge is 2.12. The number of nitrogens with zero attached hydrogens (tertiary/aromatic N) is 3. The van der Waals surface area contributed by atoms with E-state index in [0.717, 1.165) is 5.56 Å². The molecule has 3 heterocycles. The van der Waals surface area contributed by atoms with Gasteiger partial charge in [0, 0.05) is 24.0 Å². The molecule has 0 saturated heterocycles. The van der Waals surface area contributed by atoms with Gasteiger partial charge in [0.25, 0.3) is 5.91 Å². The zero-order valence-corrected chi connectivity index (χ0v) is 13.8. The lowest BCUT2D eigenvalue weighted by molar-refractivity contribution is 0.102. The van der Waals surface area contributed by atoms with Gasteiger partial charge in [-0.15, -0.1) is 0 Å². The number of methoxy groups -OCH3 is 1. The Kier molecular flexibility index (Phi) is 4.03. The summed E-state index contributed by atoms with van der Waals surface area (Å²) in [6, 6.07) is 10.5. The van der Waals surface area contributed by atoms with Gasteiger partial charge in [0.05, 0.1) is 30.8 Å². The molecule has 7 heteroatoms. The third-order valence-electron chi connectivity index (χ3n) is 3.76. The molecule has 4 rings (SSSR count). The van der Waals surface area contributed by atoms with Crippen LogP contribution in [0, 0.1) is 0 Å². The van der Waals surface area contributed by atoms with E-state index in [4.69, 9.17) is 9.15 Å². The number of fused-ring (bicyclic) bond motifs is 1. The van der Waals surface area contributed by atoms with Gasteiger partial charge < -0.3 is 14.5 Å². The van der Waals surface area contributed by atoms with Crippen LogP contribution < -0.4 is 10.1 Å². The van der Waals surface area contributed by atoms with Crippen LogP contribution in [0.2, 0.25) is 0 Å². The number of amides is 1. The fourth-order valence-corrected chi connectivity index (χ4v) is 2.48. The number of anilines is 1. The van der Waals surface area contributed by atoms with E-state index in [2.05, 4.69) is 20.3 Å². The molecule has 128 valence electrons. The number of rotatable bonds is 4. The lowest BCUT2D eigenvalue weighted by atomic mass is 10.2. The molecule has 0 aliphatic rings. The summed E-state index contributed by atoms with van der Waals surface area (Å²) in [5.41, 5.74) is 2.98. The maximum atomic E-state index is 12.5. The molecule has 1 aromatic carbocycles. The number of nitrogens with one attached hydrogen (secondary N) is 1. The Morgan fingerprint density at radius 1 is 1.12 bits per heavy atom. The summed E-state index contributed by atoms with van der Waals surface area (Å²) in [6.45, 7) is 0. The highest BCUT2D eigenvalue weighted by atomic mass is 16.5. The number of oxazole rings is 1. The first-order chi connectivity index (χ1) is 12.7. The SMILES string of the molecule is COc1cncc(NC(=O)c2ccc3oc(-c4cccnc4)nc3c2)c1. The normalized spacial score (nSPS) is 10.7. The van der Waals surface area contributed by atoms with Crippen LogP contribution in [0.15, 0.2) is 65.6 Å². The molecule has 0 saturated carbocycles. The Morgan fingerprint density at radius 2 is 2.04 bits per heavy atom. The van der Waals surface area contributed by atoms with Gasteiger partial charge in [-0.2, -0.15) is 0 Å². The minimum atomic E-state index is -0.270. The molecular weight excluding hydrogens is 332 g/mol. The van der Waals surface area contributed by atoms with Crippen molar-refractivity contribution in [2.24, 2.45) is 0 Å². The van der Waals surface area contributed by atoms with Crippen molar-refractivity contribution in [1.82, 2.24) is 15.0 Å². The van der Waals surface area contributed by atoms with E-state index in [-0.39, 0.29) is 5.91 Å². The zero-order chi connectivity index (χ0) is 17.9. The second-order valence-electron chi connectivity index (χ2n) is 5.51. The Morgan fingerprint density at radius 3 is 2.85 bits per heavy atom. The Bertz CT molecular complexity index is 1080. The van der Waals surface area contributed by atoms with Crippen LogP contribution in [0.4, 0.5) is 5.69 Å². The number of benzene rings is 1. The third kappa shape index (κ3) is 3.10. The molecule has 4 aromatic rings. The van der Waals surface area contributed by atoms with Crippen molar-refractivity contribution < 1.29 is 13.9 Å². The Hall–Kier alpha value is -3.74. The molecule has 0 atom stereocenters. The predicted molar refractivity (Wildman–Crippen MR) is 96.0 cm³/mol. The topological polar surface area (TPSA) is 90.1 Å². The van der Waals surface area contributed by atoms with E-state index in [1.165, 1.54) is 0 Å². The van der Waals surface area contributed by atoms with Crippen molar-refractivity contribution in [2.75, 3.05) is 12.4 Å². The maximum absolute atomic E-state index is 12.5. The summed E-state index contributed by atoms with van der Waals surface area (Å²) in [5.74, 6) is 0.756. The molecular formula is C19H14N4O3. The standard InChI is InChI=1S/C19H14N4O3/c1-25-15-8-14(10-21-11-15)22-18(24)12-4-5-17-16(7-12)23-19(26-17)13-3-2-6-20-9-13/h2-11H,1H3,(H,22,24). The van der Waals surface area contributed by atoms with Crippen LogP contribution in [0.5, 0.6) is 5.75 Å². The van der Waals surface area contributed by atoms with Gasteiger partial charge in [-0.25, -0.2) is 4.98 Å². The van der Waals surface area contributed by atoms with E-state index in [1.807, 2.05) is 12.1 Å². The fraction of sp³-hybridized carbons (Fsp3) is 0.0526. The molecule has 1 N–H and O–H groups in total. The van der Waals surface area contributed by atoms with Crippen LogP contribution in [0.25, 0.3) is 22.6 Å². The lowest BCUT2D eigenvalue weighted by Gasteiger charge is -2.06. The summed E-state index contributed by atoms with van der Waals surface area (Å²) in [7, 11) is 1.54. The zero-order valence-electron chi connectivity index (χ0n) is 13.8. The molecule has 3 aromatic heterocycles. The molecule has 1 amide bonds. The van der Waals surface area contributed by atoms with Crippen molar-refractivity contribution in [3.63, 3.8) is 0 Å². The summed E-state index contributed by atoms with van der Waals surface area (Å²) >= 11 is 0. The second kappa shape index (κ2) is 6.64. The number of hydrogen-bond donors (Lipinski definition) is 1. The summed E-state index contributed by atoms with van der Waals surface area (Å²) in [6.07, 6.45) is 6.47. The van der Waals surface area contributed by atoms with Crippen LogP contribution in [-0.2, 0) is 0 Å². The average molecular weight is 346 g/mol. The van der Waals surface area contributed by atoms with E-state index >= 15 is 0 Å². The van der Waals surface area contributed by atoms with Crippen molar-refractivity contribution in [2.45, 2.75) is 0 Å². The van der Waals surface area contributed by atoms with Gasteiger partial charge in [-0.1, -0.05) is 0 Å². The predicted octanol–water partition coefficient (Wildman–Crippen LogP) is 3.55. The largest absolute Gasteiger partial charge is 0.495 e. The average Bonchev–Trinajstić information content (AvgIpc) is 3.12. The Balaban J connectivity index is 1.61. The minimum absolute atomic E-state index is 0.270. The van der Waals surface area contributed by atoms with Crippen LogP contribution in [-0.4, -0.2) is 28.0 Å². The summed E-state index contributed by atoms with van der Waals surface area (Å²) < 4.78 is 10.8. The summed E-state index contributed by atoms with van der Waals surface area (Å²) in [4.78, 5) is 25.0. The first-order valence-electron chi connectivity index (χ1n) is 7.84. The molecule has 26 heavy (non-hydrogen) atoms. The highest BCUT2D eigenvalue weighted by molar-refractivity contribution is 6.05. The minimum Gasteiger partial charge on any atom is -0.495 e. The fourth-order valence-electron chi connectivity index (χ4n) is 2.48. The third-order valence-corrected chi connectivity index (χ3v) is 3.76. The number of pyridine rings is 2. The number of aromatic nitrogens is 3. The number of hydrogen-bond acceptors (Lipinski definition) is 6. The molecule has 7 nitrogen and oxygen atoms in total. The lowest BCUT2D eigenvalue weighted by Crippen LogP contribution is -2.12. The van der Waals surface area contributed by atoms with E-state index < -0.39 is 0 Å². The van der Waals surface area contributed by atoms with Gasteiger partial charge in [-0.3, -0.25) is 14.8 Å². The molecule has 0 aliphatic carbocycles. The first kappa shape index (κ1) is 15.8. The van der Waals surface area contributed by atoms with Crippen LogP contribution in [0.1, 0.15) is 10.4 Å².